The van der Waals surface area contributed by atoms with Crippen LogP contribution in [-0.2, 0) is 0 Å². The number of anilines is 1. The van der Waals surface area contributed by atoms with Crippen LogP contribution in [-0.4, -0.2) is 41.9 Å². The molecular weight excluding hydrogens is 194 g/mol. The third-order valence-corrected chi connectivity index (χ3v) is 2.18. The summed E-state index contributed by atoms with van der Waals surface area (Å²) in [6.07, 6.45) is -0.380. The summed E-state index contributed by atoms with van der Waals surface area (Å²) < 4.78 is 0. The van der Waals surface area contributed by atoms with Gasteiger partial charge in [0.15, 0.2) is 0 Å². The number of aliphatic hydroxyl groups is 2. The molecule has 0 aliphatic heterocycles. The van der Waals surface area contributed by atoms with E-state index in [-0.39, 0.29) is 6.54 Å². The Morgan fingerprint density at radius 2 is 2.07 bits per heavy atom. The minimum atomic E-state index is -0.973. The summed E-state index contributed by atoms with van der Waals surface area (Å²) in [6, 6.07) is 3.51. The Morgan fingerprint density at radius 1 is 1.40 bits per heavy atom. The van der Waals surface area contributed by atoms with E-state index >= 15 is 0 Å². The van der Waals surface area contributed by atoms with Gasteiger partial charge in [-0.1, -0.05) is 6.07 Å². The molecule has 2 unspecified atom stereocenters. The van der Waals surface area contributed by atoms with Crippen molar-refractivity contribution in [2.75, 3.05) is 25.5 Å². The van der Waals surface area contributed by atoms with Crippen LogP contribution in [0.25, 0.3) is 0 Å². The number of pyridine rings is 1. The Balaban J connectivity index is 2.79. The molecule has 0 aliphatic rings. The summed E-state index contributed by atoms with van der Waals surface area (Å²) in [5.74, 6) is 0.799. The number of hydrogen-bond donors (Lipinski definition) is 3. The highest BCUT2D eigenvalue weighted by atomic mass is 16.3. The van der Waals surface area contributed by atoms with E-state index in [9.17, 15) is 10.2 Å². The number of aromatic nitrogens is 1. The van der Waals surface area contributed by atoms with Gasteiger partial charge in [0.1, 0.15) is 11.9 Å². The summed E-state index contributed by atoms with van der Waals surface area (Å²) in [7, 11) is 3.76. The molecule has 0 amide bonds. The maximum absolute atomic E-state index is 9.63. The molecule has 1 aromatic rings. The minimum Gasteiger partial charge on any atom is -0.389 e. The van der Waals surface area contributed by atoms with Gasteiger partial charge in [0.2, 0.25) is 0 Å². The van der Waals surface area contributed by atoms with Gasteiger partial charge in [-0.15, -0.1) is 0 Å². The summed E-state index contributed by atoms with van der Waals surface area (Å²) in [4.78, 5) is 5.99. The first-order valence-corrected chi connectivity index (χ1v) is 4.75. The second-order valence-electron chi connectivity index (χ2n) is 3.59. The van der Waals surface area contributed by atoms with E-state index in [1.54, 1.807) is 18.3 Å². The van der Waals surface area contributed by atoms with Crippen LogP contribution in [0, 0.1) is 0 Å². The highest BCUT2D eigenvalue weighted by Gasteiger charge is 2.16. The highest BCUT2D eigenvalue weighted by Crippen LogP contribution is 2.17. The third kappa shape index (κ3) is 2.89. The van der Waals surface area contributed by atoms with Gasteiger partial charge in [-0.2, -0.15) is 0 Å². The zero-order chi connectivity index (χ0) is 11.4. The number of aliphatic hydroxyl groups excluding tert-OH is 2. The smallest absolute Gasteiger partial charge is 0.127 e. The van der Waals surface area contributed by atoms with Gasteiger partial charge in [0.25, 0.3) is 0 Å². The van der Waals surface area contributed by atoms with Crippen LogP contribution in [0.4, 0.5) is 5.82 Å². The van der Waals surface area contributed by atoms with Crippen LogP contribution in [0.5, 0.6) is 0 Å². The first-order valence-electron chi connectivity index (χ1n) is 4.75. The van der Waals surface area contributed by atoms with Crippen molar-refractivity contribution in [1.82, 2.24) is 4.98 Å². The molecule has 0 fully saturated rings. The van der Waals surface area contributed by atoms with Crippen LogP contribution in [0.2, 0.25) is 0 Å². The van der Waals surface area contributed by atoms with E-state index in [1.807, 2.05) is 19.0 Å². The Hall–Kier alpha value is -1.17. The van der Waals surface area contributed by atoms with Gasteiger partial charge < -0.3 is 20.8 Å². The molecular formula is C10H17N3O2. The van der Waals surface area contributed by atoms with Crippen molar-refractivity contribution in [1.29, 1.82) is 0 Å². The molecule has 0 aliphatic carbocycles. The molecule has 5 heteroatoms. The van der Waals surface area contributed by atoms with Gasteiger partial charge in [0.05, 0.1) is 6.10 Å². The molecule has 0 spiro atoms. The fourth-order valence-electron chi connectivity index (χ4n) is 1.19. The quantitative estimate of drug-likeness (QED) is 0.625. The van der Waals surface area contributed by atoms with Crippen LogP contribution in [0.3, 0.4) is 0 Å². The highest BCUT2D eigenvalue weighted by molar-refractivity contribution is 5.37. The van der Waals surface area contributed by atoms with E-state index in [2.05, 4.69) is 4.98 Å². The second-order valence-corrected chi connectivity index (χ2v) is 3.59. The molecule has 0 saturated heterocycles. The molecule has 0 saturated carbocycles. The van der Waals surface area contributed by atoms with Gasteiger partial charge in [-0.25, -0.2) is 4.98 Å². The molecule has 0 aromatic carbocycles. The lowest BCUT2D eigenvalue weighted by Crippen LogP contribution is -2.27. The molecule has 1 rings (SSSR count). The number of nitrogens with zero attached hydrogens (tertiary/aromatic N) is 2. The summed E-state index contributed by atoms with van der Waals surface area (Å²) in [5.41, 5.74) is 5.82. The summed E-state index contributed by atoms with van der Waals surface area (Å²) in [5, 5.41) is 19.0. The number of rotatable bonds is 4. The van der Waals surface area contributed by atoms with E-state index in [1.165, 1.54) is 0 Å². The molecule has 2 atom stereocenters. The molecule has 4 N–H and O–H groups in total. The summed E-state index contributed by atoms with van der Waals surface area (Å²) in [6.45, 7) is 0.0244. The van der Waals surface area contributed by atoms with E-state index in [0.717, 1.165) is 5.82 Å². The van der Waals surface area contributed by atoms with E-state index in [0.29, 0.717) is 5.56 Å². The fourth-order valence-corrected chi connectivity index (χ4v) is 1.19. The van der Waals surface area contributed by atoms with Crippen molar-refractivity contribution in [2.45, 2.75) is 12.2 Å². The zero-order valence-electron chi connectivity index (χ0n) is 8.96. The Labute approximate surface area is 89.2 Å². The average molecular weight is 211 g/mol. The Bertz CT molecular complexity index is 300. The maximum Gasteiger partial charge on any atom is 0.127 e. The van der Waals surface area contributed by atoms with Crippen molar-refractivity contribution < 1.29 is 10.2 Å². The largest absolute Gasteiger partial charge is 0.389 e. The van der Waals surface area contributed by atoms with Crippen molar-refractivity contribution in [3.63, 3.8) is 0 Å². The second kappa shape index (κ2) is 5.06. The van der Waals surface area contributed by atoms with Crippen LogP contribution >= 0.6 is 0 Å². The van der Waals surface area contributed by atoms with Crippen LogP contribution < -0.4 is 10.6 Å². The monoisotopic (exact) mass is 211 g/mol. The SMILES string of the molecule is CN(C)c1ccc(C(O)C(O)CN)cn1. The van der Waals surface area contributed by atoms with Crippen molar-refractivity contribution >= 4 is 5.82 Å². The fraction of sp³-hybridized carbons (Fsp3) is 0.500. The molecule has 1 heterocycles. The molecule has 0 radical (unpaired) electrons. The lowest BCUT2D eigenvalue weighted by atomic mass is 10.1. The van der Waals surface area contributed by atoms with Gasteiger partial charge in [0, 0.05) is 32.4 Å². The third-order valence-electron chi connectivity index (χ3n) is 2.18. The normalized spacial score (nSPS) is 14.7. The van der Waals surface area contributed by atoms with E-state index in [4.69, 9.17) is 5.73 Å². The topological polar surface area (TPSA) is 82.6 Å². The zero-order valence-corrected chi connectivity index (χ0v) is 8.96. The van der Waals surface area contributed by atoms with Gasteiger partial charge >= 0.3 is 0 Å². The van der Waals surface area contributed by atoms with Crippen molar-refractivity contribution in [3.05, 3.63) is 23.9 Å². The van der Waals surface area contributed by atoms with Gasteiger partial charge in [-0.3, -0.25) is 0 Å². The molecule has 84 valence electrons. The number of hydrogen-bond acceptors (Lipinski definition) is 5. The van der Waals surface area contributed by atoms with Crippen molar-refractivity contribution in [2.24, 2.45) is 5.73 Å². The Kier molecular flexibility index (Phi) is 4.02. The Morgan fingerprint density at radius 3 is 2.47 bits per heavy atom. The lowest BCUT2D eigenvalue weighted by molar-refractivity contribution is 0.0241. The summed E-state index contributed by atoms with van der Waals surface area (Å²) >= 11 is 0. The average Bonchev–Trinajstić information content (AvgIpc) is 2.27. The maximum atomic E-state index is 9.63. The lowest BCUT2D eigenvalue weighted by Gasteiger charge is -2.17. The first kappa shape index (κ1) is 11.9. The van der Waals surface area contributed by atoms with Crippen LogP contribution in [0.1, 0.15) is 11.7 Å². The molecule has 15 heavy (non-hydrogen) atoms. The van der Waals surface area contributed by atoms with E-state index < -0.39 is 12.2 Å². The number of nitrogens with two attached hydrogens (primary N) is 1. The molecule has 1 aromatic heterocycles. The van der Waals surface area contributed by atoms with Crippen LogP contribution in [0.15, 0.2) is 18.3 Å². The predicted molar refractivity (Wildman–Crippen MR) is 58.6 cm³/mol. The molecule has 5 nitrogen and oxygen atoms in total. The first-order chi connectivity index (χ1) is 7.06. The standard InChI is InChI=1S/C10H17N3O2/c1-13(2)9-4-3-7(6-12-9)10(15)8(14)5-11/h3-4,6,8,10,14-15H,5,11H2,1-2H3. The predicted octanol–water partition coefficient (Wildman–Crippen LogP) is -0.499. The van der Waals surface area contributed by atoms with Crippen molar-refractivity contribution in [3.8, 4) is 0 Å². The molecule has 0 bridgehead atoms. The minimum absolute atomic E-state index is 0.0244. The van der Waals surface area contributed by atoms with Gasteiger partial charge in [-0.05, 0) is 6.07 Å².